The van der Waals surface area contributed by atoms with Gasteiger partial charge in [0.2, 0.25) is 0 Å². The maximum absolute atomic E-state index is 13.9. The molecule has 0 saturated heterocycles. The van der Waals surface area contributed by atoms with Gasteiger partial charge >= 0.3 is 5.91 Å². The molecule has 2 aromatic rings. The van der Waals surface area contributed by atoms with E-state index in [0.29, 0.717) is 10.2 Å². The van der Waals surface area contributed by atoms with Crippen molar-refractivity contribution in [1.29, 1.82) is 0 Å². The zero-order valence-corrected chi connectivity index (χ0v) is 13.2. The van der Waals surface area contributed by atoms with Gasteiger partial charge in [-0.3, -0.25) is 4.79 Å². The minimum Gasteiger partial charge on any atom is -0.504 e. The average Bonchev–Trinajstić information content (AvgIpc) is 2.43. The Labute approximate surface area is 131 Å². The van der Waals surface area contributed by atoms with Crippen LogP contribution in [0.15, 0.2) is 45.5 Å². The molecule has 1 amide bonds. The van der Waals surface area contributed by atoms with E-state index in [2.05, 4.69) is 36.8 Å². The van der Waals surface area contributed by atoms with Gasteiger partial charge in [-0.15, -0.1) is 0 Å². The quantitative estimate of drug-likeness (QED) is 0.625. The predicted molar refractivity (Wildman–Crippen MR) is 78.7 cm³/mol. The Hall–Kier alpha value is -1.47. The number of hydrogen-bond donors (Lipinski definition) is 1. The van der Waals surface area contributed by atoms with Crippen molar-refractivity contribution in [3.8, 4) is 5.75 Å². The summed E-state index contributed by atoms with van der Waals surface area (Å²) in [5.41, 5.74) is 0.279. The Bertz CT molecular complexity index is 638. The van der Waals surface area contributed by atoms with Gasteiger partial charge in [0.1, 0.15) is 4.60 Å². The van der Waals surface area contributed by atoms with Crippen LogP contribution in [0.3, 0.4) is 0 Å². The molecule has 0 atom stereocenters. The van der Waals surface area contributed by atoms with Gasteiger partial charge in [-0.25, -0.2) is 4.98 Å². The molecular formula is C13H9Br2FN2O2. The molecule has 0 radical (unpaired) electrons. The third kappa shape index (κ3) is 3.34. The van der Waals surface area contributed by atoms with E-state index in [-0.39, 0.29) is 21.8 Å². The second-order valence-electron chi connectivity index (χ2n) is 3.94. The lowest BCUT2D eigenvalue weighted by Gasteiger charge is -2.13. The monoisotopic (exact) mass is 402 g/mol. The molecule has 1 N–H and O–H groups in total. The molecule has 0 fully saturated rings. The van der Waals surface area contributed by atoms with Crippen molar-refractivity contribution in [1.82, 2.24) is 10.1 Å². The standard InChI is InChI=1S/C13H9Br2FN2O2/c14-9-6-10(15)17-11(12(9)19)13(20)18(16)7-8-4-2-1-3-5-8/h1-6,19H,7H2. The van der Waals surface area contributed by atoms with E-state index in [1.54, 1.807) is 30.3 Å². The molecule has 0 aliphatic carbocycles. The number of nitrogens with zero attached hydrogens (tertiary/aromatic N) is 2. The van der Waals surface area contributed by atoms with Crippen molar-refractivity contribution < 1.29 is 14.4 Å². The number of benzene rings is 1. The van der Waals surface area contributed by atoms with Crippen LogP contribution < -0.4 is 0 Å². The normalized spacial score (nSPS) is 10.3. The molecule has 2 rings (SSSR count). The first-order valence-electron chi connectivity index (χ1n) is 5.55. The van der Waals surface area contributed by atoms with Crippen LogP contribution in [-0.4, -0.2) is 21.1 Å². The summed E-state index contributed by atoms with van der Waals surface area (Å²) in [4.78, 5) is 15.8. The van der Waals surface area contributed by atoms with Crippen LogP contribution in [0.1, 0.15) is 16.1 Å². The van der Waals surface area contributed by atoms with Crippen molar-refractivity contribution in [2.45, 2.75) is 6.54 Å². The first-order chi connectivity index (χ1) is 9.49. The molecule has 4 nitrogen and oxygen atoms in total. The molecule has 0 aliphatic heterocycles. The van der Waals surface area contributed by atoms with Crippen LogP contribution in [0.5, 0.6) is 5.75 Å². The Morgan fingerprint density at radius 3 is 2.60 bits per heavy atom. The van der Waals surface area contributed by atoms with Gasteiger partial charge in [-0.05, 0) is 43.5 Å². The number of carbonyl (C=O) groups excluding carboxylic acids is 1. The Morgan fingerprint density at radius 1 is 1.30 bits per heavy atom. The van der Waals surface area contributed by atoms with E-state index in [4.69, 9.17) is 0 Å². The van der Waals surface area contributed by atoms with Gasteiger partial charge in [-0.2, -0.15) is 5.12 Å². The molecule has 0 unspecified atom stereocenters. The number of halogens is 3. The van der Waals surface area contributed by atoms with Crippen LogP contribution in [0.25, 0.3) is 0 Å². The summed E-state index contributed by atoms with van der Waals surface area (Å²) in [7, 11) is 0. The fourth-order valence-corrected chi connectivity index (χ4v) is 2.68. The highest BCUT2D eigenvalue weighted by atomic mass is 79.9. The molecule has 0 spiro atoms. The fourth-order valence-electron chi connectivity index (χ4n) is 1.56. The Kier molecular flexibility index (Phi) is 4.72. The summed E-state index contributed by atoms with van der Waals surface area (Å²) in [5, 5.41) is 9.77. The lowest BCUT2D eigenvalue weighted by molar-refractivity contribution is 0.0139. The first kappa shape index (κ1) is 14.9. The van der Waals surface area contributed by atoms with Gasteiger partial charge in [0.05, 0.1) is 11.0 Å². The molecule has 20 heavy (non-hydrogen) atoms. The number of rotatable bonds is 3. The van der Waals surface area contributed by atoms with E-state index in [1.165, 1.54) is 6.07 Å². The summed E-state index contributed by atoms with van der Waals surface area (Å²) in [6.07, 6.45) is 0. The highest BCUT2D eigenvalue weighted by molar-refractivity contribution is 9.11. The number of aromatic nitrogens is 1. The molecule has 1 aromatic carbocycles. The van der Waals surface area contributed by atoms with Gasteiger partial charge in [0, 0.05) is 0 Å². The van der Waals surface area contributed by atoms with E-state index >= 15 is 0 Å². The van der Waals surface area contributed by atoms with Crippen LogP contribution >= 0.6 is 31.9 Å². The topological polar surface area (TPSA) is 53.4 Å². The minimum atomic E-state index is -1.01. The van der Waals surface area contributed by atoms with E-state index < -0.39 is 11.7 Å². The van der Waals surface area contributed by atoms with Crippen LogP contribution in [-0.2, 0) is 6.54 Å². The fraction of sp³-hybridized carbons (Fsp3) is 0.0769. The van der Waals surface area contributed by atoms with E-state index in [0.717, 1.165) is 0 Å². The molecular weight excluding hydrogens is 395 g/mol. The maximum atomic E-state index is 13.9. The summed E-state index contributed by atoms with van der Waals surface area (Å²) in [5.74, 6) is -1.40. The Morgan fingerprint density at radius 2 is 1.95 bits per heavy atom. The maximum Gasteiger partial charge on any atom is 0.304 e. The third-order valence-electron chi connectivity index (χ3n) is 2.50. The molecule has 104 valence electrons. The smallest absolute Gasteiger partial charge is 0.304 e. The van der Waals surface area contributed by atoms with Gasteiger partial charge < -0.3 is 5.11 Å². The predicted octanol–water partition coefficient (Wildman–Crippen LogP) is 3.84. The van der Waals surface area contributed by atoms with Gasteiger partial charge in [-0.1, -0.05) is 34.8 Å². The number of hydrogen-bond acceptors (Lipinski definition) is 3. The minimum absolute atomic E-state index is 0.0102. The van der Waals surface area contributed by atoms with Crippen molar-refractivity contribution in [2.75, 3.05) is 0 Å². The van der Waals surface area contributed by atoms with Crippen LogP contribution in [0.2, 0.25) is 0 Å². The van der Waals surface area contributed by atoms with E-state index in [1.807, 2.05) is 0 Å². The molecule has 1 aromatic heterocycles. The molecule has 7 heteroatoms. The zero-order valence-electron chi connectivity index (χ0n) is 10.1. The summed E-state index contributed by atoms with van der Waals surface area (Å²) < 4.78 is 14.5. The molecule has 0 saturated carbocycles. The number of carbonyl (C=O) groups is 1. The third-order valence-corrected chi connectivity index (χ3v) is 3.51. The number of amides is 1. The Balaban J connectivity index is 2.23. The highest BCUT2D eigenvalue weighted by Gasteiger charge is 2.23. The lowest BCUT2D eigenvalue weighted by atomic mass is 10.2. The van der Waals surface area contributed by atoms with Crippen LogP contribution in [0, 0.1) is 0 Å². The first-order valence-corrected chi connectivity index (χ1v) is 7.14. The van der Waals surface area contributed by atoms with Gasteiger partial charge in [0.25, 0.3) is 0 Å². The summed E-state index contributed by atoms with van der Waals surface area (Å²) in [6.45, 7) is -0.217. The second-order valence-corrected chi connectivity index (χ2v) is 5.60. The van der Waals surface area contributed by atoms with Crippen molar-refractivity contribution in [2.24, 2.45) is 0 Å². The zero-order chi connectivity index (χ0) is 14.7. The largest absolute Gasteiger partial charge is 0.504 e. The molecule has 0 bridgehead atoms. The highest BCUT2D eigenvalue weighted by Crippen LogP contribution is 2.30. The second kappa shape index (κ2) is 6.32. The molecule has 1 heterocycles. The average molecular weight is 404 g/mol. The van der Waals surface area contributed by atoms with Crippen LogP contribution in [0.4, 0.5) is 4.48 Å². The number of pyridine rings is 1. The summed E-state index contributed by atoms with van der Waals surface area (Å²) >= 11 is 6.15. The van der Waals surface area contributed by atoms with Gasteiger partial charge in [0.15, 0.2) is 11.4 Å². The van der Waals surface area contributed by atoms with E-state index in [9.17, 15) is 14.4 Å². The van der Waals surface area contributed by atoms with Crippen molar-refractivity contribution in [3.05, 3.63) is 56.7 Å². The van der Waals surface area contributed by atoms with Crippen molar-refractivity contribution >= 4 is 37.8 Å². The SMILES string of the molecule is O=C(c1nc(Br)cc(Br)c1O)N(F)Cc1ccccc1. The summed E-state index contributed by atoms with van der Waals surface area (Å²) in [6, 6.07) is 10.2. The lowest BCUT2D eigenvalue weighted by Crippen LogP contribution is -2.23. The van der Waals surface area contributed by atoms with Crippen molar-refractivity contribution in [3.63, 3.8) is 0 Å². The number of aromatic hydroxyl groups is 1. The molecule has 0 aliphatic rings.